The molecule has 6 rings (SSSR count). The first-order valence-corrected chi connectivity index (χ1v) is 18.1. The summed E-state index contributed by atoms with van der Waals surface area (Å²) < 4.78 is 80.1. The normalized spacial score (nSPS) is 15.6. The van der Waals surface area contributed by atoms with Crippen molar-refractivity contribution in [1.29, 1.82) is 10.8 Å². The number of alkyl halides is 6. The van der Waals surface area contributed by atoms with Crippen LogP contribution in [0.3, 0.4) is 0 Å². The van der Waals surface area contributed by atoms with Gasteiger partial charge in [-0.15, -0.1) is 0 Å². The number of nitrogens with zero attached hydrogens (tertiary/aromatic N) is 1. The Morgan fingerprint density at radius 2 is 1.22 bits per heavy atom. The van der Waals surface area contributed by atoms with Crippen LogP contribution in [0.5, 0.6) is 0 Å². The van der Waals surface area contributed by atoms with E-state index in [1.54, 1.807) is 48.6 Å². The van der Waals surface area contributed by atoms with Crippen LogP contribution in [0.2, 0.25) is 0 Å². The highest BCUT2D eigenvalue weighted by Crippen LogP contribution is 2.35. The second-order valence-electron chi connectivity index (χ2n) is 12.2. The van der Waals surface area contributed by atoms with Crippen LogP contribution in [0.15, 0.2) is 133 Å². The van der Waals surface area contributed by atoms with E-state index in [2.05, 4.69) is 10.3 Å². The molecular weight excluding hydrogens is 743 g/mol. The van der Waals surface area contributed by atoms with E-state index in [-0.39, 0.29) is 15.7 Å². The molecule has 0 bridgehead atoms. The zero-order valence-corrected chi connectivity index (χ0v) is 29.8. The van der Waals surface area contributed by atoms with Crippen molar-refractivity contribution in [3.8, 4) is 22.4 Å². The van der Waals surface area contributed by atoms with Gasteiger partial charge >= 0.3 is 12.4 Å². The zero-order valence-electron chi connectivity index (χ0n) is 28.1. The van der Waals surface area contributed by atoms with Crippen LogP contribution in [0.25, 0.3) is 28.1 Å². The number of rotatable bonds is 9. The summed E-state index contributed by atoms with van der Waals surface area (Å²) in [5.74, 6) is 0. The van der Waals surface area contributed by atoms with E-state index in [1.807, 2.05) is 42.5 Å². The van der Waals surface area contributed by atoms with Gasteiger partial charge in [0.1, 0.15) is 0 Å². The minimum absolute atomic E-state index is 0.0719. The maximum atomic E-state index is 13.4. The first kappa shape index (κ1) is 38.6. The van der Waals surface area contributed by atoms with Gasteiger partial charge in [-0.05, 0) is 77.4 Å². The van der Waals surface area contributed by atoms with Gasteiger partial charge in [0.05, 0.1) is 49.4 Å². The Bertz CT molecular complexity index is 2240. The Labute approximate surface area is 315 Å². The van der Waals surface area contributed by atoms with Crippen molar-refractivity contribution in [3.63, 3.8) is 0 Å². The van der Waals surface area contributed by atoms with E-state index in [0.717, 1.165) is 58.9 Å². The van der Waals surface area contributed by atoms with Crippen LogP contribution in [0.1, 0.15) is 38.9 Å². The van der Waals surface area contributed by atoms with Gasteiger partial charge in [-0.25, -0.2) is 0 Å². The number of benzene rings is 4. The Kier molecular flexibility index (Phi) is 11.5. The molecule has 3 unspecified atom stereocenters. The molecule has 5 aromatic rings. The predicted octanol–water partition coefficient (Wildman–Crippen LogP) is 10.1. The SMILES string of the molecule is N=C(SC(N)c1cccc(-c2cccc(C(F)(F)F)c2)n1)c1cc(C(=N)SC(N)C2C=CC=C(c3cccc(C(F)(F)F)c3)N2)cc(-c2ccccc2)c1. The van der Waals surface area contributed by atoms with Crippen LogP contribution < -0.4 is 16.8 Å². The number of nitrogens with one attached hydrogen (secondary N) is 3. The van der Waals surface area contributed by atoms with Crippen LogP contribution >= 0.6 is 23.5 Å². The second-order valence-corrected chi connectivity index (χ2v) is 14.5. The average molecular weight is 775 g/mol. The lowest BCUT2D eigenvalue weighted by atomic mass is 10.0. The topological polar surface area (TPSA) is 125 Å². The molecule has 1 aliphatic heterocycles. The second kappa shape index (κ2) is 16.1. The highest BCUT2D eigenvalue weighted by atomic mass is 32.2. The maximum absolute atomic E-state index is 13.4. The molecule has 6 nitrogen and oxygen atoms in total. The summed E-state index contributed by atoms with van der Waals surface area (Å²) in [6.07, 6.45) is -3.86. The number of hydrogen-bond donors (Lipinski definition) is 5. The smallest absolute Gasteiger partial charge is 0.376 e. The summed E-state index contributed by atoms with van der Waals surface area (Å²) in [4.78, 5) is 4.51. The van der Waals surface area contributed by atoms with Gasteiger partial charge in [-0.1, -0.05) is 96.3 Å². The molecule has 14 heteroatoms. The minimum Gasteiger partial charge on any atom is -0.376 e. The van der Waals surface area contributed by atoms with Crippen molar-refractivity contribution in [3.05, 3.63) is 167 Å². The fourth-order valence-electron chi connectivity index (χ4n) is 5.63. The van der Waals surface area contributed by atoms with Crippen molar-refractivity contribution in [1.82, 2.24) is 10.3 Å². The monoisotopic (exact) mass is 774 g/mol. The van der Waals surface area contributed by atoms with Gasteiger partial charge in [0.2, 0.25) is 0 Å². The third-order valence-corrected chi connectivity index (χ3v) is 10.4. The van der Waals surface area contributed by atoms with Gasteiger partial charge in [0.25, 0.3) is 0 Å². The standard InChI is InChI=1S/C40H32F6N6S2/c41-39(42,43)29-12-4-10-24(21-29)31-14-6-16-33(51-31)37(49)53-35(47)27-18-26(23-8-2-1-3-9-23)19-28(20-27)36(48)54-38(50)34-17-7-15-32(52-34)25-11-5-13-30(22-25)40(44,45)46/h1-22,33,37-38,47-48,51H,49-50H2. The fourth-order valence-corrected chi connectivity index (χ4v) is 7.22. The molecule has 0 fully saturated rings. The van der Waals surface area contributed by atoms with Crippen molar-refractivity contribution in [2.24, 2.45) is 11.5 Å². The lowest BCUT2D eigenvalue weighted by Crippen LogP contribution is -2.42. The molecule has 1 aromatic heterocycles. The molecule has 2 heterocycles. The van der Waals surface area contributed by atoms with E-state index in [1.165, 1.54) is 18.2 Å². The number of hydrogen-bond acceptors (Lipinski definition) is 8. The third-order valence-electron chi connectivity index (χ3n) is 8.37. The predicted molar refractivity (Wildman–Crippen MR) is 206 cm³/mol. The Morgan fingerprint density at radius 1 is 0.648 bits per heavy atom. The van der Waals surface area contributed by atoms with E-state index >= 15 is 0 Å². The zero-order chi connectivity index (χ0) is 38.6. The molecule has 7 N–H and O–H groups in total. The summed E-state index contributed by atoms with van der Waals surface area (Å²) in [6, 6.07) is 28.9. The number of nitrogens with two attached hydrogens (primary N) is 2. The fraction of sp³-hybridized carbons (Fsp3) is 0.125. The summed E-state index contributed by atoms with van der Waals surface area (Å²) >= 11 is 2.06. The summed E-state index contributed by atoms with van der Waals surface area (Å²) in [6.45, 7) is 0. The molecule has 1 aliphatic rings. The molecule has 0 spiro atoms. The quantitative estimate of drug-likeness (QED) is 0.0440. The van der Waals surface area contributed by atoms with Crippen LogP contribution in [-0.2, 0) is 12.4 Å². The van der Waals surface area contributed by atoms with E-state index in [4.69, 9.17) is 22.3 Å². The minimum atomic E-state index is -4.51. The molecule has 4 aromatic carbocycles. The largest absolute Gasteiger partial charge is 0.416 e. The molecular formula is C40H32F6N6S2. The lowest BCUT2D eigenvalue weighted by molar-refractivity contribution is -0.138. The molecule has 0 radical (unpaired) electrons. The Hall–Kier alpha value is -5.15. The Morgan fingerprint density at radius 3 is 1.87 bits per heavy atom. The van der Waals surface area contributed by atoms with Gasteiger partial charge in [-0.2, -0.15) is 26.3 Å². The number of thioether (sulfide) groups is 2. The van der Waals surface area contributed by atoms with Crippen LogP contribution in [-0.4, -0.2) is 26.5 Å². The molecule has 0 amide bonds. The third kappa shape index (κ3) is 9.31. The van der Waals surface area contributed by atoms with E-state index in [9.17, 15) is 26.3 Å². The number of allylic oxidation sites excluding steroid dienone is 2. The molecule has 0 saturated heterocycles. The number of aromatic nitrogens is 1. The first-order chi connectivity index (χ1) is 25.7. The average Bonchev–Trinajstić information content (AvgIpc) is 3.17. The number of halogens is 6. The van der Waals surface area contributed by atoms with Crippen molar-refractivity contribution in [2.45, 2.75) is 29.1 Å². The van der Waals surface area contributed by atoms with Crippen molar-refractivity contribution < 1.29 is 26.3 Å². The van der Waals surface area contributed by atoms with Gasteiger partial charge in [0, 0.05) is 22.4 Å². The summed E-state index contributed by atoms with van der Waals surface area (Å²) in [5, 5.41) is 19.8. The van der Waals surface area contributed by atoms with E-state index < -0.39 is 40.3 Å². The van der Waals surface area contributed by atoms with Crippen LogP contribution in [0.4, 0.5) is 26.3 Å². The molecule has 0 saturated carbocycles. The lowest BCUT2D eigenvalue weighted by Gasteiger charge is -2.27. The summed E-state index contributed by atoms with van der Waals surface area (Å²) in [5.41, 5.74) is 15.8. The van der Waals surface area contributed by atoms with Gasteiger partial charge in [-0.3, -0.25) is 15.8 Å². The van der Waals surface area contributed by atoms with Crippen molar-refractivity contribution in [2.75, 3.05) is 0 Å². The number of pyridine rings is 1. The number of dihydropyridines is 1. The highest BCUT2D eigenvalue weighted by molar-refractivity contribution is 8.15. The molecule has 276 valence electrons. The molecule has 3 atom stereocenters. The van der Waals surface area contributed by atoms with E-state index in [0.29, 0.717) is 33.8 Å². The summed E-state index contributed by atoms with van der Waals surface area (Å²) in [7, 11) is 0. The maximum Gasteiger partial charge on any atom is 0.416 e. The van der Waals surface area contributed by atoms with Gasteiger partial charge < -0.3 is 16.8 Å². The first-order valence-electron chi connectivity index (χ1n) is 16.4. The molecule has 0 aliphatic carbocycles. The van der Waals surface area contributed by atoms with Gasteiger partial charge in [0.15, 0.2) is 0 Å². The molecule has 54 heavy (non-hydrogen) atoms. The van der Waals surface area contributed by atoms with Crippen molar-refractivity contribution >= 4 is 39.3 Å². The van der Waals surface area contributed by atoms with Crippen LogP contribution in [0, 0.1) is 10.8 Å². The highest BCUT2D eigenvalue weighted by Gasteiger charge is 2.32. The Balaban J connectivity index is 1.20.